The largest absolute Gasteiger partial charge is 0.481 e. The number of fused-ring (bicyclic) bond motifs is 1. The average molecular weight is 233 g/mol. The number of hydrogen-bond donors (Lipinski definition) is 1. The van der Waals surface area contributed by atoms with Crippen molar-refractivity contribution in [2.45, 2.75) is 13.0 Å². The fraction of sp³-hybridized carbons (Fsp3) is 0.333. The molecule has 0 aliphatic heterocycles. The number of para-hydroxylation sites is 2. The lowest BCUT2D eigenvalue weighted by atomic mass is 10.3. The maximum Gasteiger partial charge on any atom is 0.305 e. The summed E-state index contributed by atoms with van der Waals surface area (Å²) in [4.78, 5) is 17.0. The number of carboxylic acid groups (broad SMARTS) is 1. The van der Waals surface area contributed by atoms with Gasteiger partial charge in [-0.1, -0.05) is 12.1 Å². The van der Waals surface area contributed by atoms with E-state index < -0.39 is 5.97 Å². The fourth-order valence-electron chi connectivity index (χ4n) is 1.83. The monoisotopic (exact) mass is 233 g/mol. The van der Waals surface area contributed by atoms with Gasteiger partial charge >= 0.3 is 5.97 Å². The Morgan fingerprint density at radius 1 is 1.41 bits per heavy atom. The van der Waals surface area contributed by atoms with Gasteiger partial charge in [-0.25, -0.2) is 4.98 Å². The van der Waals surface area contributed by atoms with Gasteiger partial charge in [-0.2, -0.15) is 0 Å². The molecule has 90 valence electrons. The standard InChI is InChI=1S/C12H15N3O2/c1-14(2)12-13-9-5-3-4-6-10(9)15(12)8-7-11(16)17/h3-6H,7-8H2,1-2H3,(H,16,17). The van der Waals surface area contributed by atoms with Gasteiger partial charge in [0.2, 0.25) is 5.95 Å². The van der Waals surface area contributed by atoms with Crippen molar-refractivity contribution in [1.82, 2.24) is 9.55 Å². The first kappa shape index (κ1) is 11.4. The molecule has 1 N–H and O–H groups in total. The van der Waals surface area contributed by atoms with Crippen molar-refractivity contribution < 1.29 is 9.90 Å². The number of aryl methyl sites for hydroxylation is 1. The lowest BCUT2D eigenvalue weighted by molar-refractivity contribution is -0.137. The number of benzene rings is 1. The summed E-state index contributed by atoms with van der Waals surface area (Å²) in [6.07, 6.45) is 0.0984. The van der Waals surface area contributed by atoms with Crippen LogP contribution in [0.25, 0.3) is 11.0 Å². The molecule has 0 aliphatic rings. The molecule has 1 aromatic carbocycles. The van der Waals surface area contributed by atoms with Crippen molar-refractivity contribution in [2.24, 2.45) is 0 Å². The highest BCUT2D eigenvalue weighted by Crippen LogP contribution is 2.21. The lowest BCUT2D eigenvalue weighted by Crippen LogP contribution is -2.16. The number of rotatable bonds is 4. The molecule has 0 atom stereocenters. The normalized spacial score (nSPS) is 10.7. The second-order valence-corrected chi connectivity index (χ2v) is 4.09. The van der Waals surface area contributed by atoms with Gasteiger partial charge in [0.05, 0.1) is 17.5 Å². The molecule has 0 aliphatic carbocycles. The number of imidazole rings is 1. The summed E-state index contributed by atoms with van der Waals surface area (Å²) in [5, 5.41) is 8.77. The van der Waals surface area contributed by atoms with Crippen LogP contribution in [-0.2, 0) is 11.3 Å². The van der Waals surface area contributed by atoms with E-state index in [-0.39, 0.29) is 6.42 Å². The number of carboxylic acids is 1. The molecular weight excluding hydrogens is 218 g/mol. The van der Waals surface area contributed by atoms with Crippen LogP contribution in [0.2, 0.25) is 0 Å². The maximum atomic E-state index is 10.7. The Morgan fingerprint density at radius 2 is 2.12 bits per heavy atom. The van der Waals surface area contributed by atoms with Crippen molar-refractivity contribution in [3.8, 4) is 0 Å². The van der Waals surface area contributed by atoms with Crippen LogP contribution in [0.1, 0.15) is 6.42 Å². The first-order valence-electron chi connectivity index (χ1n) is 5.44. The van der Waals surface area contributed by atoms with E-state index in [2.05, 4.69) is 4.98 Å². The second kappa shape index (κ2) is 4.45. The Kier molecular flexibility index (Phi) is 2.99. The van der Waals surface area contributed by atoms with E-state index in [1.807, 2.05) is 47.8 Å². The zero-order valence-electron chi connectivity index (χ0n) is 9.92. The van der Waals surface area contributed by atoms with Crippen LogP contribution in [0.5, 0.6) is 0 Å². The van der Waals surface area contributed by atoms with Crippen LogP contribution in [0.3, 0.4) is 0 Å². The summed E-state index contributed by atoms with van der Waals surface area (Å²) < 4.78 is 1.93. The molecule has 0 bridgehead atoms. The van der Waals surface area contributed by atoms with Crippen LogP contribution < -0.4 is 4.90 Å². The summed E-state index contributed by atoms with van der Waals surface area (Å²) in [6.45, 7) is 0.434. The minimum Gasteiger partial charge on any atom is -0.481 e. The third-order valence-corrected chi connectivity index (χ3v) is 2.58. The van der Waals surface area contributed by atoms with E-state index >= 15 is 0 Å². The molecule has 17 heavy (non-hydrogen) atoms. The predicted molar refractivity (Wildman–Crippen MR) is 66.3 cm³/mol. The smallest absolute Gasteiger partial charge is 0.305 e. The van der Waals surface area contributed by atoms with Crippen molar-refractivity contribution in [1.29, 1.82) is 0 Å². The molecule has 0 amide bonds. The molecule has 0 spiro atoms. The lowest BCUT2D eigenvalue weighted by Gasteiger charge is -2.14. The molecule has 0 fully saturated rings. The number of hydrogen-bond acceptors (Lipinski definition) is 3. The van der Waals surface area contributed by atoms with Gasteiger partial charge in [-0.05, 0) is 12.1 Å². The van der Waals surface area contributed by atoms with Crippen molar-refractivity contribution in [3.63, 3.8) is 0 Å². The Morgan fingerprint density at radius 3 is 2.76 bits per heavy atom. The van der Waals surface area contributed by atoms with Gasteiger partial charge in [-0.3, -0.25) is 4.79 Å². The Hall–Kier alpha value is -2.04. The van der Waals surface area contributed by atoms with E-state index in [0.29, 0.717) is 6.54 Å². The minimum atomic E-state index is -0.799. The zero-order valence-corrected chi connectivity index (χ0v) is 9.92. The van der Waals surface area contributed by atoms with E-state index in [4.69, 9.17) is 5.11 Å². The minimum absolute atomic E-state index is 0.0984. The summed E-state index contributed by atoms with van der Waals surface area (Å²) >= 11 is 0. The Balaban J connectivity index is 2.48. The van der Waals surface area contributed by atoms with Crippen LogP contribution in [0, 0.1) is 0 Å². The highest BCUT2D eigenvalue weighted by Gasteiger charge is 2.12. The SMILES string of the molecule is CN(C)c1nc2ccccc2n1CCC(=O)O. The second-order valence-electron chi connectivity index (χ2n) is 4.09. The van der Waals surface area contributed by atoms with Crippen LogP contribution >= 0.6 is 0 Å². The highest BCUT2D eigenvalue weighted by atomic mass is 16.4. The van der Waals surface area contributed by atoms with Crippen molar-refractivity contribution in [3.05, 3.63) is 24.3 Å². The van der Waals surface area contributed by atoms with Gasteiger partial charge in [0.25, 0.3) is 0 Å². The molecule has 0 radical (unpaired) electrons. The summed E-state index contributed by atoms with van der Waals surface area (Å²) in [5.74, 6) is -0.0139. The third-order valence-electron chi connectivity index (χ3n) is 2.58. The number of aromatic nitrogens is 2. The summed E-state index contributed by atoms with van der Waals surface area (Å²) in [5.41, 5.74) is 1.86. The topological polar surface area (TPSA) is 58.4 Å². The average Bonchev–Trinajstić information content (AvgIpc) is 2.65. The molecular formula is C12H15N3O2. The third kappa shape index (κ3) is 2.22. The van der Waals surface area contributed by atoms with Crippen LogP contribution in [0.4, 0.5) is 5.95 Å². The van der Waals surface area contributed by atoms with E-state index in [1.165, 1.54) is 0 Å². The van der Waals surface area contributed by atoms with E-state index in [1.54, 1.807) is 0 Å². The summed E-state index contributed by atoms with van der Waals surface area (Å²) in [6, 6.07) is 7.74. The fourth-order valence-corrected chi connectivity index (χ4v) is 1.83. The molecule has 5 heteroatoms. The molecule has 1 heterocycles. The first-order chi connectivity index (χ1) is 8.09. The molecule has 2 aromatic rings. The van der Waals surface area contributed by atoms with Gasteiger partial charge in [-0.15, -0.1) is 0 Å². The highest BCUT2D eigenvalue weighted by molar-refractivity contribution is 5.79. The van der Waals surface area contributed by atoms with E-state index in [9.17, 15) is 4.79 Å². The zero-order chi connectivity index (χ0) is 12.4. The number of anilines is 1. The first-order valence-corrected chi connectivity index (χ1v) is 5.44. The molecule has 1 aromatic heterocycles. The van der Waals surface area contributed by atoms with Gasteiger partial charge < -0.3 is 14.6 Å². The van der Waals surface area contributed by atoms with Gasteiger partial charge in [0.1, 0.15) is 0 Å². The number of carbonyl (C=O) groups is 1. The Bertz CT molecular complexity index is 546. The number of aliphatic carboxylic acids is 1. The van der Waals surface area contributed by atoms with Gasteiger partial charge in [0.15, 0.2) is 0 Å². The summed E-state index contributed by atoms with van der Waals surface area (Å²) in [7, 11) is 3.80. The number of nitrogens with zero attached hydrogens (tertiary/aromatic N) is 3. The van der Waals surface area contributed by atoms with Crippen LogP contribution in [0.15, 0.2) is 24.3 Å². The molecule has 2 rings (SSSR count). The quantitative estimate of drug-likeness (QED) is 0.871. The predicted octanol–water partition coefficient (Wildman–Crippen LogP) is 1.58. The Labute approximate surface area is 99.3 Å². The molecule has 0 saturated heterocycles. The van der Waals surface area contributed by atoms with Gasteiger partial charge in [0, 0.05) is 20.6 Å². The maximum absolute atomic E-state index is 10.7. The van der Waals surface area contributed by atoms with Crippen LogP contribution in [-0.4, -0.2) is 34.7 Å². The van der Waals surface area contributed by atoms with Crippen molar-refractivity contribution in [2.75, 3.05) is 19.0 Å². The molecule has 5 nitrogen and oxygen atoms in total. The van der Waals surface area contributed by atoms with Crippen molar-refractivity contribution >= 4 is 23.0 Å². The molecule has 0 saturated carbocycles. The molecule has 0 unspecified atom stereocenters. The van der Waals surface area contributed by atoms with E-state index in [0.717, 1.165) is 17.0 Å².